The third kappa shape index (κ3) is 6.43. The fraction of sp³-hybridized carbons (Fsp3) is 0.440. The van der Waals surface area contributed by atoms with Gasteiger partial charge in [0.1, 0.15) is 24.0 Å². The quantitative estimate of drug-likeness (QED) is 0.143. The molecule has 0 amide bonds. The fourth-order valence-electron chi connectivity index (χ4n) is 4.10. The monoisotopic (exact) mass is 607 g/mol. The molecule has 1 aliphatic rings. The van der Waals surface area contributed by atoms with Gasteiger partial charge in [-0.1, -0.05) is 24.1 Å². The molecule has 0 unspecified atom stereocenters. The van der Waals surface area contributed by atoms with E-state index in [-0.39, 0.29) is 23.2 Å². The number of nitrogens with zero attached hydrogens (tertiary/aromatic N) is 4. The van der Waals surface area contributed by atoms with Crippen molar-refractivity contribution in [3.8, 4) is 18.1 Å². The largest absolute Gasteiger partial charge is 0.462 e. The standard InChI is InChI=1S/C25H31FN7O6PS/c1-6-25(26)19(34)17(38-23(25)33-13-29-18-20(28-5)30-24(27)31-21(18)33)12-36-40(41,39-16-10-8-7-9-11-16)32-15(4)22(35)37-14(2)3/h1,7-11,13-15,17,19,23,34H,12H2,2-5H3,(H,32,41)(H3,27,28,30,31)/t15-,17-,19-,23-,25-,40+/m1/s1. The van der Waals surface area contributed by atoms with Gasteiger partial charge in [-0.15, -0.1) is 6.42 Å². The number of terminal acetylenes is 1. The Balaban J connectivity index is 1.60. The van der Waals surface area contributed by atoms with Crippen molar-refractivity contribution < 1.29 is 32.8 Å². The van der Waals surface area contributed by atoms with Crippen LogP contribution in [0.25, 0.3) is 11.2 Å². The second-order valence-corrected chi connectivity index (χ2v) is 12.6. The van der Waals surface area contributed by atoms with Crippen molar-refractivity contribution in [3.63, 3.8) is 0 Å². The van der Waals surface area contributed by atoms with Crippen LogP contribution >= 0.6 is 6.64 Å². The Morgan fingerprint density at radius 3 is 2.71 bits per heavy atom. The van der Waals surface area contributed by atoms with Gasteiger partial charge < -0.3 is 34.7 Å². The Hall–Kier alpha value is -3.38. The number of nitrogens with one attached hydrogen (secondary N) is 2. The first-order chi connectivity index (χ1) is 19.4. The summed E-state index contributed by atoms with van der Waals surface area (Å²) >= 11 is 5.69. The molecule has 41 heavy (non-hydrogen) atoms. The van der Waals surface area contributed by atoms with Crippen molar-refractivity contribution in [1.29, 1.82) is 0 Å². The number of aromatic nitrogens is 4. The molecule has 220 valence electrons. The predicted octanol–water partition coefficient (Wildman–Crippen LogP) is 2.30. The summed E-state index contributed by atoms with van der Waals surface area (Å²) in [7, 11) is 1.61. The van der Waals surface area contributed by atoms with Crippen molar-refractivity contribution in [2.24, 2.45) is 0 Å². The summed E-state index contributed by atoms with van der Waals surface area (Å²) in [5, 5.41) is 16.7. The van der Waals surface area contributed by atoms with E-state index in [2.05, 4.69) is 25.4 Å². The lowest BCUT2D eigenvalue weighted by Gasteiger charge is -2.28. The summed E-state index contributed by atoms with van der Waals surface area (Å²) in [6.45, 7) is 1.02. The number of nitrogen functional groups attached to an aromatic ring is 1. The minimum absolute atomic E-state index is 0.0952. The van der Waals surface area contributed by atoms with E-state index >= 15 is 4.39 Å². The maximum atomic E-state index is 16.2. The number of anilines is 2. The van der Waals surface area contributed by atoms with Crippen LogP contribution in [0, 0.1) is 12.3 Å². The third-order valence-electron chi connectivity index (χ3n) is 6.03. The van der Waals surface area contributed by atoms with Crippen LogP contribution in [0.1, 0.15) is 27.0 Å². The molecule has 0 radical (unpaired) electrons. The van der Waals surface area contributed by atoms with Gasteiger partial charge in [-0.25, -0.2) is 14.5 Å². The van der Waals surface area contributed by atoms with Gasteiger partial charge in [-0.05, 0) is 44.7 Å². The highest BCUT2D eigenvalue weighted by Crippen LogP contribution is 2.48. The van der Waals surface area contributed by atoms with Crippen LogP contribution in [-0.2, 0) is 30.6 Å². The number of fused-ring (bicyclic) bond motifs is 1. The first-order valence-electron chi connectivity index (χ1n) is 12.6. The smallest absolute Gasteiger partial charge is 0.323 e. The van der Waals surface area contributed by atoms with Gasteiger partial charge in [0.05, 0.1) is 19.0 Å². The molecular weight excluding hydrogens is 576 g/mol. The lowest BCUT2D eigenvalue weighted by molar-refractivity contribution is -0.149. The van der Waals surface area contributed by atoms with Gasteiger partial charge >= 0.3 is 12.6 Å². The Kier molecular flexibility index (Phi) is 9.13. The van der Waals surface area contributed by atoms with Crippen molar-refractivity contribution in [3.05, 3.63) is 36.7 Å². The number of ether oxygens (including phenoxy) is 2. The number of nitrogens with two attached hydrogens (primary N) is 1. The molecule has 2 aromatic heterocycles. The lowest BCUT2D eigenvalue weighted by Crippen LogP contribution is -2.42. The molecule has 0 bridgehead atoms. The molecule has 4 rings (SSSR count). The zero-order valence-electron chi connectivity index (χ0n) is 22.7. The molecule has 13 nitrogen and oxygen atoms in total. The number of carbonyl (C=O) groups is 1. The van der Waals surface area contributed by atoms with Crippen molar-refractivity contribution in [1.82, 2.24) is 24.6 Å². The molecule has 0 aliphatic carbocycles. The van der Waals surface area contributed by atoms with E-state index in [1.807, 2.05) is 5.92 Å². The minimum Gasteiger partial charge on any atom is -0.462 e. The van der Waals surface area contributed by atoms with Gasteiger partial charge in [0.15, 0.2) is 23.2 Å². The number of halogens is 1. The topological polar surface area (TPSA) is 168 Å². The fourth-order valence-corrected chi connectivity index (χ4v) is 6.51. The second kappa shape index (κ2) is 12.2. The number of hydrogen-bond donors (Lipinski definition) is 4. The molecule has 6 atom stereocenters. The number of benzene rings is 1. The first kappa shape index (κ1) is 30.6. The van der Waals surface area contributed by atoms with Gasteiger partial charge in [0.25, 0.3) is 0 Å². The van der Waals surface area contributed by atoms with E-state index in [0.717, 1.165) is 0 Å². The molecule has 1 fully saturated rings. The number of aliphatic hydroxyl groups excluding tert-OH is 1. The molecule has 0 saturated carbocycles. The number of rotatable bonds is 11. The van der Waals surface area contributed by atoms with E-state index in [4.69, 9.17) is 42.5 Å². The highest BCUT2D eigenvalue weighted by atomic mass is 32.5. The summed E-state index contributed by atoms with van der Waals surface area (Å²) in [6, 6.07) is 7.65. The summed E-state index contributed by atoms with van der Waals surface area (Å²) in [4.78, 5) is 24.9. The van der Waals surface area contributed by atoms with E-state index in [1.165, 1.54) is 10.9 Å². The molecule has 1 aromatic carbocycles. The first-order valence-corrected chi connectivity index (χ1v) is 15.2. The van der Waals surface area contributed by atoms with Gasteiger partial charge in [-0.2, -0.15) is 9.97 Å². The predicted molar refractivity (Wildman–Crippen MR) is 153 cm³/mol. The molecule has 5 N–H and O–H groups in total. The Morgan fingerprint density at radius 1 is 1.37 bits per heavy atom. The van der Waals surface area contributed by atoms with Crippen LogP contribution < -0.4 is 20.7 Å². The summed E-state index contributed by atoms with van der Waals surface area (Å²) in [5.41, 5.74) is 3.53. The van der Waals surface area contributed by atoms with E-state index in [9.17, 15) is 9.90 Å². The molecule has 1 saturated heterocycles. The zero-order valence-corrected chi connectivity index (χ0v) is 24.4. The summed E-state index contributed by atoms with van der Waals surface area (Å²) in [6.07, 6.45) is 1.76. The van der Waals surface area contributed by atoms with Crippen LogP contribution in [0.2, 0.25) is 0 Å². The highest BCUT2D eigenvalue weighted by Gasteiger charge is 2.58. The van der Waals surface area contributed by atoms with Crippen molar-refractivity contribution in [2.75, 3.05) is 24.7 Å². The summed E-state index contributed by atoms with van der Waals surface area (Å²) < 4.78 is 40.5. The average Bonchev–Trinajstić information content (AvgIpc) is 3.45. The van der Waals surface area contributed by atoms with Crippen molar-refractivity contribution in [2.45, 2.75) is 57.0 Å². The maximum Gasteiger partial charge on any atom is 0.323 e. The van der Waals surface area contributed by atoms with Gasteiger partial charge in [0.2, 0.25) is 11.6 Å². The van der Waals surface area contributed by atoms with E-state index in [1.54, 1.807) is 58.2 Å². The number of hydrogen-bond acceptors (Lipinski definition) is 12. The van der Waals surface area contributed by atoms with Crippen LogP contribution in [-0.4, -0.2) is 74.3 Å². The van der Waals surface area contributed by atoms with Crippen LogP contribution in [0.15, 0.2) is 36.7 Å². The van der Waals surface area contributed by atoms with Gasteiger partial charge in [0, 0.05) is 7.05 Å². The van der Waals surface area contributed by atoms with Crippen LogP contribution in [0.4, 0.5) is 16.2 Å². The second-order valence-electron chi connectivity index (χ2n) is 9.42. The Labute approximate surface area is 241 Å². The number of aliphatic hydroxyl groups is 1. The normalized spacial score (nSPS) is 24.5. The number of alkyl halides is 1. The Morgan fingerprint density at radius 2 is 2.07 bits per heavy atom. The Bertz CT molecular complexity index is 1490. The highest BCUT2D eigenvalue weighted by molar-refractivity contribution is 8.09. The molecule has 3 aromatic rings. The zero-order chi connectivity index (χ0) is 29.9. The maximum absolute atomic E-state index is 16.2. The molecule has 16 heteroatoms. The molecule has 1 aliphatic heterocycles. The molecule has 3 heterocycles. The molecular formula is C25H31FN7O6PS. The van der Waals surface area contributed by atoms with Crippen molar-refractivity contribution >= 4 is 47.3 Å². The molecule has 0 spiro atoms. The third-order valence-corrected chi connectivity index (χ3v) is 8.53. The summed E-state index contributed by atoms with van der Waals surface area (Å²) in [5.74, 6) is 2.01. The number of carbonyl (C=O) groups excluding carboxylic acids is 1. The average molecular weight is 608 g/mol. The van der Waals surface area contributed by atoms with Gasteiger partial charge in [-0.3, -0.25) is 9.36 Å². The van der Waals surface area contributed by atoms with Crippen LogP contribution in [0.3, 0.4) is 0 Å². The van der Waals surface area contributed by atoms with E-state index < -0.39 is 49.4 Å². The number of para-hydroxylation sites is 1. The number of imidazole rings is 1. The van der Waals surface area contributed by atoms with Crippen LogP contribution in [0.5, 0.6) is 5.75 Å². The number of esters is 1. The minimum atomic E-state index is -3.51. The lowest BCUT2D eigenvalue weighted by atomic mass is 9.97. The SMILES string of the molecule is C#C[C@@]1(F)[C@H](O)[C@@H](CO[P@@](=S)(N[C@H](C)C(=O)OC(C)C)Oc2ccccc2)O[C@H]1n1cnc2c(NC)nc(N)nc21. The van der Waals surface area contributed by atoms with E-state index in [0.29, 0.717) is 11.6 Å².